The van der Waals surface area contributed by atoms with Crippen molar-refractivity contribution in [3.8, 4) is 28.7 Å². The highest BCUT2D eigenvalue weighted by Gasteiger charge is 2.37. The molecule has 0 bridgehead atoms. The van der Waals surface area contributed by atoms with Crippen LogP contribution in [0.2, 0.25) is 13.1 Å². The van der Waals surface area contributed by atoms with E-state index in [1.54, 1.807) is 0 Å². The monoisotopic (exact) mass is 656 g/mol. The minimum atomic E-state index is -2.75. The maximum atomic E-state index is 6.84. The average Bonchev–Trinajstić information content (AvgIpc) is 3.02. The Hall–Kier alpha value is -3.86. The number of rotatable bonds is 13. The molecule has 5 aromatic rings. The van der Waals surface area contributed by atoms with E-state index in [1.165, 1.54) is 0 Å². The minimum Gasteiger partial charge on any atom is -0.418 e. The summed E-state index contributed by atoms with van der Waals surface area (Å²) in [6.07, 6.45) is 0. The van der Waals surface area contributed by atoms with E-state index >= 15 is 0 Å². The van der Waals surface area contributed by atoms with Crippen LogP contribution < -0.4 is 27.8 Å². The highest BCUT2D eigenvalue weighted by Crippen LogP contribution is 2.47. The topological polar surface area (TPSA) is 55.4 Å². The molecule has 0 aliphatic rings. The van der Waals surface area contributed by atoms with Crippen LogP contribution in [0, 0.1) is 27.7 Å². The van der Waals surface area contributed by atoms with Gasteiger partial charge < -0.3 is 26.8 Å². The number of hydrogen-bond donors (Lipinski definition) is 0. The van der Waals surface area contributed by atoms with E-state index in [9.17, 15) is 0 Å². The van der Waals surface area contributed by atoms with Crippen molar-refractivity contribution >= 4 is 30.7 Å². The molecule has 0 amide bonds. The SMILES string of the molecule is Cc1ccccc1OP(Oc1ccccc1C)Oc1ccccc1[Si](C)(C)OP(Oc1ccccc1C)Oc1ccccc1C. The maximum Gasteiger partial charge on any atom is 0.530 e. The third-order valence-corrected chi connectivity index (χ3v) is 12.9. The molecule has 6 nitrogen and oxygen atoms in total. The van der Waals surface area contributed by atoms with Gasteiger partial charge in [0, 0.05) is 5.19 Å². The number of para-hydroxylation sites is 5. The van der Waals surface area contributed by atoms with Crippen molar-refractivity contribution < 1.29 is 26.8 Å². The predicted octanol–water partition coefficient (Wildman–Crippen LogP) is 10.5. The quantitative estimate of drug-likeness (QED) is 0.0929. The van der Waals surface area contributed by atoms with Gasteiger partial charge in [-0.1, -0.05) is 91.0 Å². The Morgan fingerprint density at radius 3 is 1.04 bits per heavy atom. The second-order valence-electron chi connectivity index (χ2n) is 11.1. The Balaban J connectivity index is 1.45. The molecule has 0 fully saturated rings. The number of benzene rings is 5. The first-order valence-corrected chi connectivity index (χ1v) is 19.8. The molecule has 5 aromatic carbocycles. The molecule has 0 unspecified atom stereocenters. The predicted molar refractivity (Wildman–Crippen MR) is 186 cm³/mol. The summed E-state index contributed by atoms with van der Waals surface area (Å²) in [6, 6.07) is 39.3. The zero-order valence-electron chi connectivity index (χ0n) is 26.4. The van der Waals surface area contributed by atoms with Gasteiger partial charge in [0.2, 0.25) is 8.32 Å². The maximum absolute atomic E-state index is 6.84. The lowest BCUT2D eigenvalue weighted by Gasteiger charge is -2.30. The Morgan fingerprint density at radius 2 is 0.667 bits per heavy atom. The fourth-order valence-corrected chi connectivity index (χ4v) is 9.85. The van der Waals surface area contributed by atoms with Gasteiger partial charge in [-0.2, -0.15) is 0 Å². The van der Waals surface area contributed by atoms with Gasteiger partial charge in [-0.15, -0.1) is 0 Å². The molecule has 0 aliphatic carbocycles. The van der Waals surface area contributed by atoms with Crippen molar-refractivity contribution in [3.05, 3.63) is 144 Å². The van der Waals surface area contributed by atoms with Crippen molar-refractivity contribution in [2.75, 3.05) is 0 Å². The Labute approximate surface area is 270 Å². The highest BCUT2D eigenvalue weighted by atomic mass is 31.2. The molecule has 0 aromatic heterocycles. The zero-order chi connectivity index (χ0) is 31.8. The summed E-state index contributed by atoms with van der Waals surface area (Å²) in [5.74, 6) is 3.46. The summed E-state index contributed by atoms with van der Waals surface area (Å²) in [5.41, 5.74) is 3.97. The lowest BCUT2D eigenvalue weighted by molar-refractivity contribution is 0.382. The van der Waals surface area contributed by atoms with Crippen molar-refractivity contribution in [1.29, 1.82) is 0 Å². The van der Waals surface area contributed by atoms with Crippen LogP contribution in [0.1, 0.15) is 22.3 Å². The standard InChI is InChI=1S/C36H38O6P2Si/c1-27-17-7-11-21-31(27)37-43(38-32-22-12-8-18-28(32)2)41-35-25-15-16-26-36(35)45(5,6)42-44(39-33-23-13-9-19-29(33)3)40-34-24-14-10-20-30(34)4/h7-26H,1-6H3. The summed E-state index contributed by atoms with van der Waals surface area (Å²) in [7, 11) is -6.46. The Morgan fingerprint density at radius 1 is 0.378 bits per heavy atom. The summed E-state index contributed by atoms with van der Waals surface area (Å²) in [4.78, 5) is 0. The molecular weight excluding hydrogens is 618 g/mol. The summed E-state index contributed by atoms with van der Waals surface area (Å²) < 4.78 is 39.1. The van der Waals surface area contributed by atoms with E-state index in [4.69, 9.17) is 26.8 Å². The summed E-state index contributed by atoms with van der Waals surface area (Å²) in [5, 5.41) is 0.925. The van der Waals surface area contributed by atoms with Gasteiger partial charge in [-0.3, -0.25) is 0 Å². The van der Waals surface area contributed by atoms with Crippen molar-refractivity contribution in [2.24, 2.45) is 0 Å². The second-order valence-corrected chi connectivity index (χ2v) is 17.2. The van der Waals surface area contributed by atoms with E-state index in [2.05, 4.69) is 13.1 Å². The van der Waals surface area contributed by atoms with Crippen LogP contribution in [0.15, 0.2) is 121 Å². The van der Waals surface area contributed by atoms with E-state index in [-0.39, 0.29) is 0 Å². The molecule has 232 valence electrons. The average molecular weight is 657 g/mol. The van der Waals surface area contributed by atoms with Crippen LogP contribution >= 0.6 is 17.2 Å². The van der Waals surface area contributed by atoms with E-state index in [0.717, 1.165) is 27.4 Å². The van der Waals surface area contributed by atoms with E-state index in [1.807, 2.05) is 149 Å². The van der Waals surface area contributed by atoms with Crippen LogP contribution in [0.25, 0.3) is 0 Å². The molecule has 9 heteroatoms. The minimum absolute atomic E-state index is 0.629. The molecule has 0 spiro atoms. The van der Waals surface area contributed by atoms with Crippen LogP contribution in [0.3, 0.4) is 0 Å². The highest BCUT2D eigenvalue weighted by molar-refractivity contribution is 7.45. The third-order valence-electron chi connectivity index (χ3n) is 7.08. The lowest BCUT2D eigenvalue weighted by atomic mass is 10.2. The van der Waals surface area contributed by atoms with Gasteiger partial charge in [-0.25, -0.2) is 0 Å². The molecule has 0 saturated heterocycles. The van der Waals surface area contributed by atoms with Crippen LogP contribution in [-0.2, 0) is 4.21 Å². The van der Waals surface area contributed by atoms with Crippen LogP contribution in [0.5, 0.6) is 28.7 Å². The largest absolute Gasteiger partial charge is 0.530 e. The zero-order valence-corrected chi connectivity index (χ0v) is 29.2. The first kappa shape index (κ1) is 32.5. The molecule has 5 rings (SSSR count). The van der Waals surface area contributed by atoms with Gasteiger partial charge in [0.1, 0.15) is 28.7 Å². The molecule has 0 atom stereocenters. The Bertz CT molecular complexity index is 1630. The van der Waals surface area contributed by atoms with Gasteiger partial charge in [0.25, 0.3) is 0 Å². The van der Waals surface area contributed by atoms with Gasteiger partial charge in [-0.05, 0) is 93.4 Å². The second kappa shape index (κ2) is 14.9. The van der Waals surface area contributed by atoms with Gasteiger partial charge in [0.05, 0.1) is 0 Å². The molecule has 0 saturated carbocycles. The van der Waals surface area contributed by atoms with Gasteiger partial charge in [0.15, 0.2) is 0 Å². The molecular formula is C36H38O6P2Si. The normalized spacial score (nSPS) is 11.4. The van der Waals surface area contributed by atoms with E-state index in [0.29, 0.717) is 28.7 Å². The van der Waals surface area contributed by atoms with Crippen LogP contribution in [0.4, 0.5) is 0 Å². The smallest absolute Gasteiger partial charge is 0.418 e. The molecule has 0 aliphatic heterocycles. The molecule has 45 heavy (non-hydrogen) atoms. The van der Waals surface area contributed by atoms with Crippen molar-refractivity contribution in [3.63, 3.8) is 0 Å². The Kier molecular flexibility index (Phi) is 10.8. The molecule has 0 radical (unpaired) electrons. The van der Waals surface area contributed by atoms with Crippen molar-refractivity contribution in [1.82, 2.24) is 0 Å². The molecule has 0 heterocycles. The fourth-order valence-electron chi connectivity index (χ4n) is 4.43. The summed E-state index contributed by atoms with van der Waals surface area (Å²) >= 11 is 0. The fraction of sp³-hybridized carbons (Fsp3) is 0.167. The van der Waals surface area contributed by atoms with Crippen LogP contribution in [-0.4, -0.2) is 8.32 Å². The first-order chi connectivity index (χ1) is 21.7. The number of hydrogen-bond acceptors (Lipinski definition) is 6. The summed E-state index contributed by atoms with van der Waals surface area (Å²) in [6.45, 7) is 12.2. The first-order valence-electron chi connectivity index (χ1n) is 14.7. The lowest BCUT2D eigenvalue weighted by Crippen LogP contribution is -2.44. The van der Waals surface area contributed by atoms with Crippen molar-refractivity contribution in [2.45, 2.75) is 40.8 Å². The van der Waals surface area contributed by atoms with E-state index < -0.39 is 25.5 Å². The molecule has 0 N–H and O–H groups in total. The third kappa shape index (κ3) is 8.65. The number of aryl methyl sites for hydroxylation is 4. The van der Waals surface area contributed by atoms with Gasteiger partial charge >= 0.3 is 17.2 Å².